The fourth-order valence-electron chi connectivity index (χ4n) is 3.57. The van der Waals surface area contributed by atoms with Gasteiger partial charge in [-0.15, -0.1) is 0 Å². The van der Waals surface area contributed by atoms with Crippen molar-refractivity contribution in [2.24, 2.45) is 5.92 Å². The number of benzene rings is 1. The molecule has 1 N–H and O–H groups in total. The molecule has 0 bridgehead atoms. The Morgan fingerprint density at radius 2 is 1.97 bits per heavy atom. The van der Waals surface area contributed by atoms with Gasteiger partial charge in [-0.05, 0) is 17.5 Å². The molecule has 1 saturated heterocycles. The van der Waals surface area contributed by atoms with Crippen molar-refractivity contribution in [3.05, 3.63) is 48.4 Å². The van der Waals surface area contributed by atoms with Crippen LogP contribution in [-0.2, 0) is 11.2 Å². The standard InChI is InChI=1S/C22H27N5O2/c1-16(2)14-29-21-12-20(24-15-25-21)26-7-9-27(10-8-26)22(28)11-17-13-23-19-6-4-3-5-18(17)19/h3-6,12-13,15-16,23H,7-11,14H2,1-2H3. The smallest absolute Gasteiger partial charge is 0.227 e. The van der Waals surface area contributed by atoms with E-state index in [-0.39, 0.29) is 5.91 Å². The lowest BCUT2D eigenvalue weighted by atomic mass is 10.1. The minimum atomic E-state index is 0.165. The summed E-state index contributed by atoms with van der Waals surface area (Å²) in [5, 5.41) is 1.12. The van der Waals surface area contributed by atoms with Crippen LogP contribution in [0.3, 0.4) is 0 Å². The fourth-order valence-corrected chi connectivity index (χ4v) is 3.57. The maximum absolute atomic E-state index is 12.8. The number of para-hydroxylation sites is 1. The normalized spacial score (nSPS) is 14.6. The topological polar surface area (TPSA) is 74.3 Å². The number of hydrogen-bond donors (Lipinski definition) is 1. The molecule has 7 nitrogen and oxygen atoms in total. The second kappa shape index (κ2) is 8.51. The van der Waals surface area contributed by atoms with E-state index in [1.54, 1.807) is 6.33 Å². The molecule has 2 aromatic heterocycles. The molecule has 0 aliphatic carbocycles. The number of nitrogens with zero attached hydrogens (tertiary/aromatic N) is 4. The minimum absolute atomic E-state index is 0.165. The molecule has 0 unspecified atom stereocenters. The summed E-state index contributed by atoms with van der Waals surface area (Å²) in [6.07, 6.45) is 3.91. The predicted octanol–water partition coefficient (Wildman–Crippen LogP) is 2.88. The lowest BCUT2D eigenvalue weighted by molar-refractivity contribution is -0.130. The highest BCUT2D eigenvalue weighted by molar-refractivity contribution is 5.89. The number of nitrogens with one attached hydrogen (secondary N) is 1. The molecule has 1 aliphatic heterocycles. The summed E-state index contributed by atoms with van der Waals surface area (Å²) in [7, 11) is 0. The molecule has 1 amide bonds. The number of aromatic nitrogens is 3. The molecular weight excluding hydrogens is 366 g/mol. The molecule has 4 rings (SSSR count). The maximum atomic E-state index is 12.8. The van der Waals surface area contributed by atoms with Crippen LogP contribution in [-0.4, -0.2) is 58.5 Å². The molecule has 29 heavy (non-hydrogen) atoms. The van der Waals surface area contributed by atoms with Gasteiger partial charge in [0.1, 0.15) is 12.1 Å². The summed E-state index contributed by atoms with van der Waals surface area (Å²) in [6.45, 7) is 7.72. The first kappa shape index (κ1) is 19.2. The van der Waals surface area contributed by atoms with Crippen LogP contribution in [0.1, 0.15) is 19.4 Å². The van der Waals surface area contributed by atoms with Crippen LogP contribution in [0.25, 0.3) is 10.9 Å². The second-order valence-electron chi connectivity index (χ2n) is 7.82. The Bertz CT molecular complexity index is 976. The van der Waals surface area contributed by atoms with Gasteiger partial charge in [0, 0.05) is 49.3 Å². The number of anilines is 1. The van der Waals surface area contributed by atoms with Crippen molar-refractivity contribution in [1.29, 1.82) is 0 Å². The number of amides is 1. The highest BCUT2D eigenvalue weighted by atomic mass is 16.5. The van der Waals surface area contributed by atoms with Crippen LogP contribution in [0.2, 0.25) is 0 Å². The Labute approximate surface area is 170 Å². The van der Waals surface area contributed by atoms with E-state index in [0.717, 1.165) is 35.4 Å². The maximum Gasteiger partial charge on any atom is 0.227 e. The lowest BCUT2D eigenvalue weighted by Crippen LogP contribution is -2.49. The first-order chi connectivity index (χ1) is 14.1. The summed E-state index contributed by atoms with van der Waals surface area (Å²) in [6, 6.07) is 9.97. The van der Waals surface area contributed by atoms with Crippen molar-refractivity contribution in [3.63, 3.8) is 0 Å². The van der Waals surface area contributed by atoms with Gasteiger partial charge in [0.15, 0.2) is 0 Å². The van der Waals surface area contributed by atoms with Crippen LogP contribution in [0, 0.1) is 5.92 Å². The number of piperazine rings is 1. The molecule has 7 heteroatoms. The van der Waals surface area contributed by atoms with E-state index in [4.69, 9.17) is 4.74 Å². The SMILES string of the molecule is CC(C)COc1cc(N2CCN(C(=O)Cc3c[nH]c4ccccc34)CC2)ncn1. The van der Waals surface area contributed by atoms with Gasteiger partial charge in [-0.2, -0.15) is 0 Å². The zero-order chi connectivity index (χ0) is 20.2. The van der Waals surface area contributed by atoms with Crippen molar-refractivity contribution in [2.75, 3.05) is 37.7 Å². The molecule has 0 atom stereocenters. The average Bonchev–Trinajstić information content (AvgIpc) is 3.15. The van der Waals surface area contributed by atoms with Crippen molar-refractivity contribution >= 4 is 22.6 Å². The predicted molar refractivity (Wildman–Crippen MR) is 113 cm³/mol. The van der Waals surface area contributed by atoms with Gasteiger partial charge < -0.3 is 19.5 Å². The monoisotopic (exact) mass is 393 g/mol. The minimum Gasteiger partial charge on any atom is -0.477 e. The second-order valence-corrected chi connectivity index (χ2v) is 7.82. The third-order valence-corrected chi connectivity index (χ3v) is 5.17. The summed E-state index contributed by atoms with van der Waals surface area (Å²) in [4.78, 5) is 28.7. The van der Waals surface area contributed by atoms with Crippen molar-refractivity contribution in [1.82, 2.24) is 19.9 Å². The van der Waals surface area contributed by atoms with Gasteiger partial charge in [-0.3, -0.25) is 4.79 Å². The van der Waals surface area contributed by atoms with Gasteiger partial charge in [0.25, 0.3) is 0 Å². The molecule has 0 radical (unpaired) electrons. The molecule has 1 fully saturated rings. The number of aromatic amines is 1. The molecule has 152 valence electrons. The van der Waals surface area contributed by atoms with E-state index in [1.165, 1.54) is 0 Å². The van der Waals surface area contributed by atoms with Gasteiger partial charge in [0.05, 0.1) is 13.0 Å². The third kappa shape index (κ3) is 4.50. The van der Waals surface area contributed by atoms with E-state index >= 15 is 0 Å². The van der Waals surface area contributed by atoms with E-state index in [0.29, 0.717) is 37.9 Å². The Balaban J connectivity index is 1.34. The van der Waals surface area contributed by atoms with Gasteiger partial charge in [0.2, 0.25) is 11.8 Å². The fraction of sp³-hybridized carbons (Fsp3) is 0.409. The number of carbonyl (C=O) groups excluding carboxylic acids is 1. The number of fused-ring (bicyclic) bond motifs is 1. The lowest BCUT2D eigenvalue weighted by Gasteiger charge is -2.35. The number of ether oxygens (including phenoxy) is 1. The van der Waals surface area contributed by atoms with E-state index in [2.05, 4.69) is 39.8 Å². The highest BCUT2D eigenvalue weighted by Crippen LogP contribution is 2.21. The molecular formula is C22H27N5O2. The first-order valence-electron chi connectivity index (χ1n) is 10.1. The number of hydrogen-bond acceptors (Lipinski definition) is 5. The number of carbonyl (C=O) groups is 1. The molecule has 0 spiro atoms. The summed E-state index contributed by atoms with van der Waals surface area (Å²) in [5.74, 6) is 2.06. The Morgan fingerprint density at radius 1 is 1.17 bits per heavy atom. The Hall–Kier alpha value is -3.09. The van der Waals surface area contributed by atoms with Gasteiger partial charge in [-0.25, -0.2) is 9.97 Å². The van der Waals surface area contributed by atoms with Crippen molar-refractivity contribution < 1.29 is 9.53 Å². The average molecular weight is 393 g/mol. The largest absolute Gasteiger partial charge is 0.477 e. The van der Waals surface area contributed by atoms with Crippen LogP contribution in [0.5, 0.6) is 5.88 Å². The van der Waals surface area contributed by atoms with Crippen LogP contribution < -0.4 is 9.64 Å². The number of H-pyrrole nitrogens is 1. The molecule has 0 saturated carbocycles. The van der Waals surface area contributed by atoms with Gasteiger partial charge >= 0.3 is 0 Å². The molecule has 3 heterocycles. The van der Waals surface area contributed by atoms with E-state index in [1.807, 2.05) is 35.4 Å². The zero-order valence-electron chi connectivity index (χ0n) is 17.0. The number of rotatable bonds is 6. The van der Waals surface area contributed by atoms with Crippen LogP contribution >= 0.6 is 0 Å². The van der Waals surface area contributed by atoms with Crippen LogP contribution in [0.4, 0.5) is 5.82 Å². The van der Waals surface area contributed by atoms with Crippen molar-refractivity contribution in [2.45, 2.75) is 20.3 Å². The van der Waals surface area contributed by atoms with Crippen molar-refractivity contribution in [3.8, 4) is 5.88 Å². The van der Waals surface area contributed by atoms with E-state index in [9.17, 15) is 4.79 Å². The van der Waals surface area contributed by atoms with Crippen LogP contribution in [0.15, 0.2) is 42.9 Å². The zero-order valence-corrected chi connectivity index (χ0v) is 17.0. The molecule has 3 aromatic rings. The highest BCUT2D eigenvalue weighted by Gasteiger charge is 2.23. The molecule has 1 aliphatic rings. The summed E-state index contributed by atoms with van der Waals surface area (Å²) < 4.78 is 5.71. The Morgan fingerprint density at radius 3 is 2.76 bits per heavy atom. The summed E-state index contributed by atoms with van der Waals surface area (Å²) >= 11 is 0. The molecule has 1 aromatic carbocycles. The first-order valence-corrected chi connectivity index (χ1v) is 10.1. The van der Waals surface area contributed by atoms with Gasteiger partial charge in [-0.1, -0.05) is 32.0 Å². The summed E-state index contributed by atoms with van der Waals surface area (Å²) in [5.41, 5.74) is 2.12. The third-order valence-electron chi connectivity index (χ3n) is 5.17. The quantitative estimate of drug-likeness (QED) is 0.697. The van der Waals surface area contributed by atoms with E-state index < -0.39 is 0 Å². The Kier molecular flexibility index (Phi) is 5.64.